The number of nitrogens with two attached hydrogens (primary N) is 1. The van der Waals surface area contributed by atoms with Crippen molar-refractivity contribution in [3.8, 4) is 0 Å². The lowest BCUT2D eigenvalue weighted by Gasteiger charge is -2.22. The van der Waals surface area contributed by atoms with E-state index in [-0.39, 0.29) is 6.42 Å². The van der Waals surface area contributed by atoms with Crippen molar-refractivity contribution in [1.29, 1.82) is 0 Å². The second-order valence-corrected chi connectivity index (χ2v) is 3.99. The molecule has 0 aromatic carbocycles. The van der Waals surface area contributed by atoms with Gasteiger partial charge < -0.3 is 20.9 Å². The van der Waals surface area contributed by atoms with Gasteiger partial charge in [-0.25, -0.2) is 4.98 Å². The SMILES string of the molecule is CC(N[C@@H](Cc1cnc[nH]1)C(=O)O)C(N)C(=O)O. The van der Waals surface area contributed by atoms with Gasteiger partial charge >= 0.3 is 11.9 Å². The van der Waals surface area contributed by atoms with E-state index in [1.54, 1.807) is 0 Å². The van der Waals surface area contributed by atoms with Crippen LogP contribution < -0.4 is 11.1 Å². The van der Waals surface area contributed by atoms with E-state index in [0.717, 1.165) is 0 Å². The molecule has 0 spiro atoms. The number of carbonyl (C=O) groups is 2. The molecule has 1 heterocycles. The maximum absolute atomic E-state index is 11.1. The van der Waals surface area contributed by atoms with Gasteiger partial charge in [-0.15, -0.1) is 0 Å². The molecule has 0 amide bonds. The number of hydrogen-bond donors (Lipinski definition) is 5. The number of aliphatic carboxylic acids is 2. The third-order valence-electron chi connectivity index (χ3n) is 2.56. The Kier molecular flexibility index (Phi) is 4.81. The second kappa shape index (κ2) is 6.12. The van der Waals surface area contributed by atoms with E-state index in [2.05, 4.69) is 15.3 Å². The molecule has 1 aromatic rings. The predicted octanol–water partition coefficient (Wildman–Crippen LogP) is -1.20. The van der Waals surface area contributed by atoms with Crippen molar-refractivity contribution in [2.24, 2.45) is 5.73 Å². The van der Waals surface area contributed by atoms with Gasteiger partial charge in [0, 0.05) is 24.4 Å². The van der Waals surface area contributed by atoms with E-state index in [1.165, 1.54) is 19.4 Å². The van der Waals surface area contributed by atoms with E-state index in [1.807, 2.05) is 0 Å². The van der Waals surface area contributed by atoms with Gasteiger partial charge in [-0.3, -0.25) is 14.9 Å². The standard InChI is InChI=1S/C10H16N4O4/c1-5(8(11)10(17)18)14-7(9(15)16)2-6-3-12-4-13-6/h3-5,7-8,14H,2,11H2,1H3,(H,12,13)(H,15,16)(H,17,18)/t5?,7-,8?/m0/s1. The summed E-state index contributed by atoms with van der Waals surface area (Å²) >= 11 is 0. The molecule has 8 heteroatoms. The Balaban J connectivity index is 2.63. The summed E-state index contributed by atoms with van der Waals surface area (Å²) < 4.78 is 0. The average molecular weight is 256 g/mol. The fourth-order valence-corrected chi connectivity index (χ4v) is 1.47. The molecule has 1 rings (SSSR count). The van der Waals surface area contributed by atoms with Gasteiger partial charge in [0.2, 0.25) is 0 Å². The van der Waals surface area contributed by atoms with Crippen LogP contribution in [0.15, 0.2) is 12.5 Å². The minimum Gasteiger partial charge on any atom is -0.480 e. The lowest BCUT2D eigenvalue weighted by Crippen LogP contribution is -2.53. The third-order valence-corrected chi connectivity index (χ3v) is 2.56. The normalized spacial score (nSPS) is 15.9. The van der Waals surface area contributed by atoms with Crippen LogP contribution in [0.3, 0.4) is 0 Å². The van der Waals surface area contributed by atoms with Crippen LogP contribution in [0.25, 0.3) is 0 Å². The fourth-order valence-electron chi connectivity index (χ4n) is 1.47. The molecule has 0 radical (unpaired) electrons. The first-order valence-corrected chi connectivity index (χ1v) is 5.36. The van der Waals surface area contributed by atoms with Gasteiger partial charge in [-0.2, -0.15) is 0 Å². The Morgan fingerprint density at radius 2 is 2.17 bits per heavy atom. The number of nitrogens with zero attached hydrogens (tertiary/aromatic N) is 1. The van der Waals surface area contributed by atoms with E-state index in [4.69, 9.17) is 15.9 Å². The number of hydrogen-bond acceptors (Lipinski definition) is 5. The van der Waals surface area contributed by atoms with Gasteiger partial charge in [0.05, 0.1) is 6.33 Å². The molecule has 18 heavy (non-hydrogen) atoms. The number of nitrogens with one attached hydrogen (secondary N) is 2. The molecule has 0 aliphatic carbocycles. The first kappa shape index (κ1) is 14.1. The highest BCUT2D eigenvalue weighted by Gasteiger charge is 2.26. The molecule has 6 N–H and O–H groups in total. The number of carboxylic acids is 2. The molecule has 0 saturated heterocycles. The summed E-state index contributed by atoms with van der Waals surface area (Å²) in [5.41, 5.74) is 6.05. The van der Waals surface area contributed by atoms with Crippen LogP contribution in [0.1, 0.15) is 12.6 Å². The molecule has 0 fully saturated rings. The molecule has 0 aliphatic rings. The van der Waals surface area contributed by atoms with Crippen LogP contribution in [-0.2, 0) is 16.0 Å². The van der Waals surface area contributed by atoms with Crippen molar-refractivity contribution in [1.82, 2.24) is 15.3 Å². The molecule has 0 saturated carbocycles. The summed E-state index contributed by atoms with van der Waals surface area (Å²) in [6.45, 7) is 1.53. The Labute approximate surface area is 103 Å². The summed E-state index contributed by atoms with van der Waals surface area (Å²) in [4.78, 5) is 28.3. The molecule has 0 aliphatic heterocycles. The monoisotopic (exact) mass is 256 g/mol. The summed E-state index contributed by atoms with van der Waals surface area (Å²) in [6, 6.07) is -2.74. The maximum Gasteiger partial charge on any atom is 0.322 e. The van der Waals surface area contributed by atoms with Crippen molar-refractivity contribution in [3.05, 3.63) is 18.2 Å². The summed E-state index contributed by atoms with van der Waals surface area (Å²) in [7, 11) is 0. The van der Waals surface area contributed by atoms with Crippen LogP contribution in [0.2, 0.25) is 0 Å². The number of H-pyrrole nitrogens is 1. The first-order valence-electron chi connectivity index (χ1n) is 5.36. The fraction of sp³-hybridized carbons (Fsp3) is 0.500. The average Bonchev–Trinajstić information content (AvgIpc) is 2.79. The largest absolute Gasteiger partial charge is 0.480 e. The topological polar surface area (TPSA) is 141 Å². The van der Waals surface area contributed by atoms with E-state index in [9.17, 15) is 9.59 Å². The Bertz CT molecular complexity index is 406. The van der Waals surface area contributed by atoms with Gasteiger partial charge in [0.25, 0.3) is 0 Å². The van der Waals surface area contributed by atoms with Gasteiger partial charge in [-0.1, -0.05) is 0 Å². The lowest BCUT2D eigenvalue weighted by atomic mass is 10.1. The van der Waals surface area contributed by atoms with E-state index in [0.29, 0.717) is 5.69 Å². The quantitative estimate of drug-likeness (QED) is 0.412. The maximum atomic E-state index is 11.1. The smallest absolute Gasteiger partial charge is 0.322 e. The number of carboxylic acid groups (broad SMARTS) is 2. The highest BCUT2D eigenvalue weighted by Crippen LogP contribution is 2.01. The third kappa shape index (κ3) is 3.82. The highest BCUT2D eigenvalue weighted by molar-refractivity contribution is 5.75. The van der Waals surface area contributed by atoms with Crippen LogP contribution in [0.5, 0.6) is 0 Å². The number of imidazole rings is 1. The Hall–Kier alpha value is -1.93. The molecule has 1 aromatic heterocycles. The van der Waals surface area contributed by atoms with Crippen LogP contribution in [0.4, 0.5) is 0 Å². The number of aromatic amines is 1. The molecule has 3 atom stereocenters. The van der Waals surface area contributed by atoms with Crippen molar-refractivity contribution in [3.63, 3.8) is 0 Å². The van der Waals surface area contributed by atoms with Gasteiger partial charge in [0.1, 0.15) is 12.1 Å². The van der Waals surface area contributed by atoms with Crippen LogP contribution >= 0.6 is 0 Å². The first-order chi connectivity index (χ1) is 8.41. The zero-order valence-electron chi connectivity index (χ0n) is 9.83. The van der Waals surface area contributed by atoms with Crippen molar-refractivity contribution < 1.29 is 19.8 Å². The molecular weight excluding hydrogens is 240 g/mol. The minimum absolute atomic E-state index is 0.173. The number of aromatic nitrogens is 2. The predicted molar refractivity (Wildman–Crippen MR) is 61.9 cm³/mol. The zero-order chi connectivity index (χ0) is 13.7. The summed E-state index contributed by atoms with van der Waals surface area (Å²) in [6.07, 6.45) is 3.13. The Morgan fingerprint density at radius 3 is 2.61 bits per heavy atom. The van der Waals surface area contributed by atoms with Crippen molar-refractivity contribution >= 4 is 11.9 Å². The van der Waals surface area contributed by atoms with Gasteiger partial charge in [0.15, 0.2) is 0 Å². The van der Waals surface area contributed by atoms with E-state index >= 15 is 0 Å². The summed E-state index contributed by atoms with van der Waals surface area (Å²) in [5.74, 6) is -2.25. The van der Waals surface area contributed by atoms with Crippen molar-refractivity contribution in [2.75, 3.05) is 0 Å². The zero-order valence-corrected chi connectivity index (χ0v) is 9.83. The minimum atomic E-state index is -1.18. The summed E-state index contributed by atoms with van der Waals surface area (Å²) in [5, 5.41) is 20.5. The molecule has 100 valence electrons. The molecule has 0 bridgehead atoms. The molecule has 8 nitrogen and oxygen atoms in total. The number of rotatable bonds is 7. The van der Waals surface area contributed by atoms with Crippen LogP contribution in [-0.4, -0.2) is 50.2 Å². The Morgan fingerprint density at radius 1 is 1.50 bits per heavy atom. The van der Waals surface area contributed by atoms with E-state index < -0.39 is 30.1 Å². The second-order valence-electron chi connectivity index (χ2n) is 3.99. The van der Waals surface area contributed by atoms with Crippen LogP contribution in [0, 0.1) is 0 Å². The van der Waals surface area contributed by atoms with Crippen molar-refractivity contribution in [2.45, 2.75) is 31.5 Å². The molecular formula is C10H16N4O4. The highest BCUT2D eigenvalue weighted by atomic mass is 16.4. The van der Waals surface area contributed by atoms with Gasteiger partial charge in [-0.05, 0) is 6.92 Å². The lowest BCUT2D eigenvalue weighted by molar-refractivity contribution is -0.142. The molecule has 2 unspecified atom stereocenters.